The quantitative estimate of drug-likeness (QED) is 0.722. The van der Waals surface area contributed by atoms with E-state index >= 15 is 0 Å². The van der Waals surface area contributed by atoms with E-state index in [1.54, 1.807) is 43.4 Å². The molecule has 7 heteroatoms. The van der Waals surface area contributed by atoms with Crippen molar-refractivity contribution in [3.8, 4) is 11.5 Å². The molecule has 31 heavy (non-hydrogen) atoms. The largest absolute Gasteiger partial charge is 0.493 e. The second-order valence-corrected chi connectivity index (χ2v) is 8.52. The lowest BCUT2D eigenvalue weighted by Crippen LogP contribution is -2.47. The van der Waals surface area contributed by atoms with E-state index in [1.807, 2.05) is 17.0 Å². The predicted molar refractivity (Wildman–Crippen MR) is 119 cm³/mol. The van der Waals surface area contributed by atoms with Gasteiger partial charge in [0.25, 0.3) is 5.91 Å². The molecule has 0 radical (unpaired) electrons. The van der Waals surface area contributed by atoms with Crippen LogP contribution in [0.15, 0.2) is 36.4 Å². The average Bonchev–Trinajstić information content (AvgIpc) is 2.82. The van der Waals surface area contributed by atoms with Gasteiger partial charge < -0.3 is 19.3 Å². The Kier molecular flexibility index (Phi) is 6.37. The van der Waals surface area contributed by atoms with Gasteiger partial charge in [0, 0.05) is 36.8 Å². The molecular weight excluding hydrogens is 416 g/mol. The van der Waals surface area contributed by atoms with Crippen LogP contribution in [0.1, 0.15) is 34.3 Å². The number of piperidine rings is 1. The molecule has 0 aromatic heterocycles. The van der Waals surface area contributed by atoms with Gasteiger partial charge in [-0.3, -0.25) is 9.59 Å². The summed E-state index contributed by atoms with van der Waals surface area (Å²) in [6.45, 7) is 2.35. The second-order valence-electron chi connectivity index (χ2n) is 8.08. The molecule has 0 bridgehead atoms. The Morgan fingerprint density at radius 3 is 2.32 bits per heavy atom. The lowest BCUT2D eigenvalue weighted by atomic mass is 9.93. The fourth-order valence-corrected chi connectivity index (χ4v) is 4.59. The van der Waals surface area contributed by atoms with Gasteiger partial charge in [-0.25, -0.2) is 0 Å². The third-order valence-electron chi connectivity index (χ3n) is 6.18. The molecular formula is C24H27ClN2O4. The molecule has 2 heterocycles. The first-order valence-corrected chi connectivity index (χ1v) is 11.0. The fourth-order valence-electron chi connectivity index (χ4n) is 4.47. The van der Waals surface area contributed by atoms with E-state index in [4.69, 9.17) is 21.1 Å². The van der Waals surface area contributed by atoms with Crippen molar-refractivity contribution < 1.29 is 19.1 Å². The number of hydrogen-bond donors (Lipinski definition) is 0. The summed E-state index contributed by atoms with van der Waals surface area (Å²) in [7, 11) is 3.24. The summed E-state index contributed by atoms with van der Waals surface area (Å²) >= 11 is 5.93. The zero-order valence-electron chi connectivity index (χ0n) is 17.9. The Labute approximate surface area is 187 Å². The van der Waals surface area contributed by atoms with E-state index in [2.05, 4.69) is 0 Å². The van der Waals surface area contributed by atoms with Crippen molar-refractivity contribution >= 4 is 23.4 Å². The molecule has 2 amide bonds. The van der Waals surface area contributed by atoms with E-state index in [-0.39, 0.29) is 17.7 Å². The average molecular weight is 443 g/mol. The Bertz CT molecular complexity index is 976. The lowest BCUT2D eigenvalue weighted by molar-refractivity contribution is -0.137. The number of rotatable bonds is 4. The minimum absolute atomic E-state index is 0.0463. The molecule has 164 valence electrons. The Morgan fingerprint density at radius 2 is 1.65 bits per heavy atom. The van der Waals surface area contributed by atoms with Crippen molar-refractivity contribution in [2.24, 2.45) is 5.92 Å². The van der Waals surface area contributed by atoms with Crippen LogP contribution in [0.2, 0.25) is 5.02 Å². The Morgan fingerprint density at radius 1 is 0.968 bits per heavy atom. The number of carbonyl (C=O) groups excluding carboxylic acids is 2. The van der Waals surface area contributed by atoms with Crippen LogP contribution in [0, 0.1) is 5.92 Å². The number of amides is 2. The molecule has 2 aliphatic heterocycles. The number of methoxy groups -OCH3 is 2. The van der Waals surface area contributed by atoms with Crippen molar-refractivity contribution in [2.75, 3.05) is 33.9 Å². The van der Waals surface area contributed by atoms with Gasteiger partial charge in [-0.2, -0.15) is 0 Å². The van der Waals surface area contributed by atoms with E-state index in [9.17, 15) is 9.59 Å². The van der Waals surface area contributed by atoms with Gasteiger partial charge in [0.1, 0.15) is 0 Å². The maximum absolute atomic E-state index is 13.3. The number of carbonyl (C=O) groups is 2. The first kappa shape index (κ1) is 21.5. The minimum atomic E-state index is -0.174. The molecule has 0 N–H and O–H groups in total. The lowest BCUT2D eigenvalue weighted by Gasteiger charge is -2.37. The van der Waals surface area contributed by atoms with Gasteiger partial charge in [-0.05, 0) is 66.8 Å². The van der Waals surface area contributed by atoms with Crippen LogP contribution in [0.3, 0.4) is 0 Å². The molecule has 1 atom stereocenters. The van der Waals surface area contributed by atoms with Gasteiger partial charge in [0.05, 0.1) is 20.1 Å². The highest BCUT2D eigenvalue weighted by atomic mass is 35.5. The van der Waals surface area contributed by atoms with Crippen LogP contribution >= 0.6 is 11.6 Å². The summed E-state index contributed by atoms with van der Waals surface area (Å²) in [5.41, 5.74) is 2.87. The minimum Gasteiger partial charge on any atom is -0.493 e. The smallest absolute Gasteiger partial charge is 0.253 e. The number of fused-ring (bicyclic) bond motifs is 1. The first-order valence-electron chi connectivity index (χ1n) is 10.6. The summed E-state index contributed by atoms with van der Waals surface area (Å²) in [5.74, 6) is 1.29. The van der Waals surface area contributed by atoms with Gasteiger partial charge in [0.15, 0.2) is 11.5 Å². The van der Waals surface area contributed by atoms with Crippen LogP contribution in [0.5, 0.6) is 11.5 Å². The zero-order valence-corrected chi connectivity index (χ0v) is 18.7. The number of hydrogen-bond acceptors (Lipinski definition) is 4. The monoisotopic (exact) mass is 442 g/mol. The third kappa shape index (κ3) is 4.49. The Hall–Kier alpha value is -2.73. The normalized spacial score (nSPS) is 18.4. The van der Waals surface area contributed by atoms with Crippen molar-refractivity contribution in [2.45, 2.75) is 25.8 Å². The molecule has 1 saturated heterocycles. The van der Waals surface area contributed by atoms with Gasteiger partial charge in [-0.15, -0.1) is 0 Å². The van der Waals surface area contributed by atoms with Crippen LogP contribution in [0.4, 0.5) is 0 Å². The van der Waals surface area contributed by atoms with Crippen molar-refractivity contribution in [3.63, 3.8) is 0 Å². The summed E-state index contributed by atoms with van der Waals surface area (Å²) in [6, 6.07) is 10.9. The topological polar surface area (TPSA) is 59.1 Å². The predicted octanol–water partition coefficient (Wildman–Crippen LogP) is 3.79. The van der Waals surface area contributed by atoms with Crippen LogP contribution in [0.25, 0.3) is 0 Å². The summed E-state index contributed by atoms with van der Waals surface area (Å²) < 4.78 is 10.8. The molecule has 0 saturated carbocycles. The highest BCUT2D eigenvalue weighted by Gasteiger charge is 2.33. The standard InChI is InChI=1S/C24H27ClN2O4/c1-30-21-12-17-9-11-27(15-19(17)13-22(21)31-2)24(29)18-4-3-10-26(14-18)23(28)16-5-7-20(25)8-6-16/h5-8,12-13,18H,3-4,9-11,14-15H2,1-2H3/t18-/m0/s1. The SMILES string of the molecule is COc1cc2c(cc1OC)CN(C(=O)[C@H]1CCCN(C(=O)c3ccc(Cl)cc3)C1)CC2. The summed E-state index contributed by atoms with van der Waals surface area (Å²) in [5, 5.41) is 0.600. The molecule has 0 unspecified atom stereocenters. The van der Waals surface area contributed by atoms with Crippen molar-refractivity contribution in [1.82, 2.24) is 9.80 Å². The number of benzene rings is 2. The van der Waals surface area contributed by atoms with Gasteiger partial charge in [0.2, 0.25) is 5.91 Å². The summed E-state index contributed by atoms with van der Waals surface area (Å²) in [4.78, 5) is 29.9. The maximum Gasteiger partial charge on any atom is 0.253 e. The van der Waals surface area contributed by atoms with Crippen molar-refractivity contribution in [3.05, 3.63) is 58.1 Å². The molecule has 4 rings (SSSR count). The van der Waals surface area contributed by atoms with Crippen LogP contribution in [-0.2, 0) is 17.8 Å². The van der Waals surface area contributed by atoms with Gasteiger partial charge >= 0.3 is 0 Å². The van der Waals surface area contributed by atoms with E-state index in [0.29, 0.717) is 48.3 Å². The van der Waals surface area contributed by atoms with Crippen LogP contribution in [-0.4, -0.2) is 55.5 Å². The molecule has 6 nitrogen and oxygen atoms in total. The third-order valence-corrected chi connectivity index (χ3v) is 6.43. The molecule has 2 aromatic carbocycles. The zero-order chi connectivity index (χ0) is 22.0. The number of ether oxygens (including phenoxy) is 2. The Balaban J connectivity index is 1.45. The van der Waals surface area contributed by atoms with Gasteiger partial charge in [-0.1, -0.05) is 11.6 Å². The van der Waals surface area contributed by atoms with Crippen LogP contribution < -0.4 is 9.47 Å². The fraction of sp³-hybridized carbons (Fsp3) is 0.417. The van der Waals surface area contributed by atoms with Crippen molar-refractivity contribution in [1.29, 1.82) is 0 Å². The molecule has 2 aromatic rings. The molecule has 0 spiro atoms. The van der Waals surface area contributed by atoms with E-state index in [1.165, 1.54) is 5.56 Å². The van der Waals surface area contributed by atoms with E-state index < -0.39 is 0 Å². The number of nitrogens with zero attached hydrogens (tertiary/aromatic N) is 2. The maximum atomic E-state index is 13.3. The molecule has 0 aliphatic carbocycles. The molecule has 1 fully saturated rings. The summed E-state index contributed by atoms with van der Waals surface area (Å²) in [6.07, 6.45) is 2.41. The first-order chi connectivity index (χ1) is 15.0. The number of halogens is 1. The highest BCUT2D eigenvalue weighted by Crippen LogP contribution is 2.34. The second kappa shape index (κ2) is 9.18. The number of likely N-dealkylation sites (tertiary alicyclic amines) is 1. The molecule has 2 aliphatic rings. The highest BCUT2D eigenvalue weighted by molar-refractivity contribution is 6.30. The van der Waals surface area contributed by atoms with E-state index in [0.717, 1.165) is 24.8 Å².